The van der Waals surface area contributed by atoms with E-state index in [-0.39, 0.29) is 11.5 Å². The number of benzene rings is 2. The Morgan fingerprint density at radius 1 is 1.09 bits per heavy atom. The molecule has 0 radical (unpaired) electrons. The summed E-state index contributed by atoms with van der Waals surface area (Å²) in [6.07, 6.45) is 1.53. The number of nitrogens with two attached hydrogens (primary N) is 1. The molecule has 0 spiro atoms. The molecule has 1 fully saturated rings. The number of morpholine rings is 1. The van der Waals surface area contributed by atoms with Gasteiger partial charge in [-0.25, -0.2) is 23.4 Å². The van der Waals surface area contributed by atoms with Gasteiger partial charge in [-0.05, 0) is 68.8 Å². The number of hydrogen-bond acceptors (Lipinski definition) is 9. The third kappa shape index (κ3) is 6.77. The van der Waals surface area contributed by atoms with Gasteiger partial charge in [-0.3, -0.25) is 14.5 Å². The predicted octanol–water partition coefficient (Wildman–Crippen LogP) is 2.86. The third-order valence-corrected chi connectivity index (χ3v) is 7.31. The van der Waals surface area contributed by atoms with Crippen molar-refractivity contribution in [2.75, 3.05) is 37.4 Å². The van der Waals surface area contributed by atoms with Crippen molar-refractivity contribution in [1.82, 2.24) is 24.2 Å². The van der Waals surface area contributed by atoms with E-state index >= 15 is 0 Å². The maximum absolute atomic E-state index is 13.4. The number of rotatable bonds is 6. The molecule has 13 heteroatoms. The van der Waals surface area contributed by atoms with E-state index in [0.717, 1.165) is 34.5 Å². The van der Waals surface area contributed by atoms with Crippen LogP contribution in [0.15, 0.2) is 64.3 Å². The molecule has 0 atom stereocenters. The van der Waals surface area contributed by atoms with Gasteiger partial charge in [0, 0.05) is 38.1 Å². The third-order valence-electron chi connectivity index (χ3n) is 7.31. The SMILES string of the molecule is Cc1cc(NC(=O)c2nn(C)c(=O)n(-c3ccc(F)cc3)c2=O)ccc1Oc1ccnc(N)c1C#CC(C)(C)N1CCOCC1. The number of carbonyl (C=O) groups is 1. The zero-order chi connectivity index (χ0) is 32.3. The highest BCUT2D eigenvalue weighted by atomic mass is 19.1. The Balaban J connectivity index is 1.37. The molecule has 1 amide bonds. The van der Waals surface area contributed by atoms with Crippen LogP contribution in [0.25, 0.3) is 5.69 Å². The van der Waals surface area contributed by atoms with Crippen LogP contribution in [0.5, 0.6) is 11.5 Å². The van der Waals surface area contributed by atoms with Gasteiger partial charge < -0.3 is 20.5 Å². The standard InChI is InChI=1S/C32H32FN7O5/c1-20-19-22(36-29(41)27-30(42)40(31(43)38(4)37-27)23-8-5-21(33)6-9-23)7-10-25(20)45-26-12-14-35-28(34)24(26)11-13-32(2,3)39-15-17-44-18-16-39/h5-10,12,14,19H,15-18H2,1-4H3,(H2,34,35)(H,36,41). The zero-order valence-electron chi connectivity index (χ0n) is 25.3. The molecule has 1 saturated heterocycles. The van der Waals surface area contributed by atoms with Crippen LogP contribution >= 0.6 is 0 Å². The van der Waals surface area contributed by atoms with E-state index in [1.54, 1.807) is 31.2 Å². The van der Waals surface area contributed by atoms with Crippen molar-refractivity contribution in [2.24, 2.45) is 7.05 Å². The molecule has 1 aliphatic rings. The molecular weight excluding hydrogens is 581 g/mol. The van der Waals surface area contributed by atoms with E-state index in [9.17, 15) is 18.8 Å². The number of aryl methyl sites for hydroxylation is 2. The first-order valence-corrected chi connectivity index (χ1v) is 14.1. The van der Waals surface area contributed by atoms with Crippen LogP contribution in [-0.4, -0.2) is 62.0 Å². The molecule has 5 rings (SSSR count). The van der Waals surface area contributed by atoms with Gasteiger partial charge >= 0.3 is 5.69 Å². The van der Waals surface area contributed by atoms with Crippen molar-refractivity contribution in [3.05, 3.63) is 98.2 Å². The molecule has 0 aliphatic carbocycles. The summed E-state index contributed by atoms with van der Waals surface area (Å²) in [5, 5.41) is 6.51. The molecule has 45 heavy (non-hydrogen) atoms. The smallest absolute Gasteiger partial charge is 0.351 e. The first-order chi connectivity index (χ1) is 21.4. The number of nitrogens with zero attached hydrogens (tertiary/aromatic N) is 5. The second kappa shape index (κ2) is 12.7. The maximum Gasteiger partial charge on any atom is 0.351 e. The van der Waals surface area contributed by atoms with Gasteiger partial charge in [0.2, 0.25) is 5.69 Å². The number of halogens is 1. The molecule has 0 bridgehead atoms. The quantitative estimate of drug-likeness (QED) is 0.314. The van der Waals surface area contributed by atoms with Crippen LogP contribution < -0.4 is 27.0 Å². The molecule has 232 valence electrons. The van der Waals surface area contributed by atoms with E-state index < -0.39 is 34.2 Å². The summed E-state index contributed by atoms with van der Waals surface area (Å²) in [4.78, 5) is 45.3. The van der Waals surface area contributed by atoms with Crippen LogP contribution in [0.1, 0.15) is 35.5 Å². The summed E-state index contributed by atoms with van der Waals surface area (Å²) in [6.45, 7) is 8.72. The van der Waals surface area contributed by atoms with Gasteiger partial charge in [0.05, 0.1) is 24.4 Å². The monoisotopic (exact) mass is 613 g/mol. The summed E-state index contributed by atoms with van der Waals surface area (Å²) in [7, 11) is 1.31. The number of amides is 1. The first-order valence-electron chi connectivity index (χ1n) is 14.1. The lowest BCUT2D eigenvalue weighted by atomic mass is 10.0. The lowest BCUT2D eigenvalue weighted by molar-refractivity contribution is 0.00739. The van der Waals surface area contributed by atoms with Crippen molar-refractivity contribution >= 4 is 17.4 Å². The first kappa shape index (κ1) is 31.1. The van der Waals surface area contributed by atoms with Crippen LogP contribution in [0.4, 0.5) is 15.9 Å². The normalized spacial score (nSPS) is 13.5. The van der Waals surface area contributed by atoms with Crippen LogP contribution in [0.3, 0.4) is 0 Å². The van der Waals surface area contributed by atoms with Crippen molar-refractivity contribution in [3.8, 4) is 29.0 Å². The van der Waals surface area contributed by atoms with Gasteiger partial charge in [-0.2, -0.15) is 5.10 Å². The number of nitrogen functional groups attached to an aromatic ring is 1. The molecule has 1 aliphatic heterocycles. The fraction of sp³-hybridized carbons (Fsp3) is 0.281. The fourth-order valence-corrected chi connectivity index (χ4v) is 4.77. The highest BCUT2D eigenvalue weighted by molar-refractivity contribution is 6.02. The summed E-state index contributed by atoms with van der Waals surface area (Å²) >= 11 is 0. The van der Waals surface area contributed by atoms with Crippen molar-refractivity contribution in [3.63, 3.8) is 0 Å². The summed E-state index contributed by atoms with van der Waals surface area (Å²) < 4.78 is 26.7. The highest BCUT2D eigenvalue weighted by Gasteiger charge is 2.26. The van der Waals surface area contributed by atoms with Gasteiger partial charge in [0.15, 0.2) is 0 Å². The zero-order valence-corrected chi connectivity index (χ0v) is 25.3. The summed E-state index contributed by atoms with van der Waals surface area (Å²) in [5.74, 6) is 6.23. The van der Waals surface area contributed by atoms with Crippen LogP contribution in [-0.2, 0) is 11.8 Å². The number of carbonyl (C=O) groups excluding carboxylic acids is 1. The van der Waals surface area contributed by atoms with E-state index in [4.69, 9.17) is 15.2 Å². The van der Waals surface area contributed by atoms with E-state index in [1.165, 1.54) is 25.4 Å². The molecule has 0 saturated carbocycles. The number of hydrogen-bond donors (Lipinski definition) is 2. The van der Waals surface area contributed by atoms with Crippen molar-refractivity contribution < 1.29 is 18.7 Å². The molecule has 2 aromatic carbocycles. The van der Waals surface area contributed by atoms with Crippen molar-refractivity contribution in [1.29, 1.82) is 0 Å². The number of nitrogens with one attached hydrogen (secondary N) is 1. The second-order valence-corrected chi connectivity index (χ2v) is 10.9. The topological polar surface area (TPSA) is 147 Å². The van der Waals surface area contributed by atoms with Gasteiger partial charge in [-0.1, -0.05) is 11.8 Å². The molecule has 0 unspecified atom stereocenters. The van der Waals surface area contributed by atoms with Gasteiger partial charge in [-0.15, -0.1) is 0 Å². The molecule has 2 aromatic heterocycles. The average Bonchev–Trinajstić information content (AvgIpc) is 3.01. The fourth-order valence-electron chi connectivity index (χ4n) is 4.77. The van der Waals surface area contributed by atoms with Gasteiger partial charge in [0.25, 0.3) is 11.5 Å². The van der Waals surface area contributed by atoms with Crippen LogP contribution in [0, 0.1) is 24.6 Å². The summed E-state index contributed by atoms with van der Waals surface area (Å²) in [5.41, 5.74) is 5.08. The predicted molar refractivity (Wildman–Crippen MR) is 166 cm³/mol. The minimum absolute atomic E-state index is 0.0984. The lowest BCUT2D eigenvalue weighted by Gasteiger charge is -2.37. The molecule has 12 nitrogen and oxygen atoms in total. The molecule has 3 N–H and O–H groups in total. The van der Waals surface area contributed by atoms with E-state index in [2.05, 4.69) is 32.1 Å². The Morgan fingerprint density at radius 2 is 1.80 bits per heavy atom. The van der Waals surface area contributed by atoms with Gasteiger partial charge in [0.1, 0.15) is 28.7 Å². The molecule has 3 heterocycles. The number of aromatic nitrogens is 4. The largest absolute Gasteiger partial charge is 0.456 e. The molecular formula is C32H32FN7O5. The average molecular weight is 614 g/mol. The second-order valence-electron chi connectivity index (χ2n) is 10.9. The number of pyridine rings is 1. The van der Waals surface area contributed by atoms with E-state index in [0.29, 0.717) is 41.5 Å². The number of anilines is 2. The Labute approximate surface area is 258 Å². The maximum atomic E-state index is 13.4. The summed E-state index contributed by atoms with van der Waals surface area (Å²) in [6, 6.07) is 11.3. The highest BCUT2D eigenvalue weighted by Crippen LogP contribution is 2.31. The van der Waals surface area contributed by atoms with E-state index in [1.807, 2.05) is 13.8 Å². The minimum Gasteiger partial charge on any atom is -0.456 e. The van der Waals surface area contributed by atoms with Crippen LogP contribution in [0.2, 0.25) is 0 Å². The lowest BCUT2D eigenvalue weighted by Crippen LogP contribution is -2.49. The van der Waals surface area contributed by atoms with Crippen molar-refractivity contribution in [2.45, 2.75) is 26.3 Å². The number of ether oxygens (including phenoxy) is 2. The minimum atomic E-state index is -0.945. The Bertz CT molecular complexity index is 1930. The Hall–Kier alpha value is -5.32. The molecule has 4 aromatic rings. The Kier molecular flexibility index (Phi) is 8.80. The Morgan fingerprint density at radius 3 is 2.49 bits per heavy atom.